The smallest absolute Gasteiger partial charge is 0.0572 e. The van der Waals surface area contributed by atoms with Crippen LogP contribution in [0.5, 0.6) is 0 Å². The normalized spacial score (nSPS) is 42.0. The third-order valence-corrected chi connectivity index (χ3v) is 5.48. The summed E-state index contributed by atoms with van der Waals surface area (Å²) in [6.45, 7) is 0. The van der Waals surface area contributed by atoms with Crippen molar-refractivity contribution in [2.45, 2.75) is 69.6 Å². The first-order valence-electron chi connectivity index (χ1n) is 7.14. The van der Waals surface area contributed by atoms with Gasteiger partial charge in [0.25, 0.3) is 0 Å². The van der Waals surface area contributed by atoms with Gasteiger partial charge in [0.1, 0.15) is 0 Å². The molecule has 1 saturated carbocycles. The Morgan fingerprint density at radius 1 is 1.12 bits per heavy atom. The molecule has 0 amide bonds. The van der Waals surface area contributed by atoms with E-state index < -0.39 is 0 Å². The first-order chi connectivity index (χ1) is 7.74. The summed E-state index contributed by atoms with van der Waals surface area (Å²) in [4.78, 5) is 2.56. The van der Waals surface area contributed by atoms with E-state index >= 15 is 0 Å². The van der Waals surface area contributed by atoms with Gasteiger partial charge in [0.2, 0.25) is 0 Å². The van der Waals surface area contributed by atoms with Crippen molar-refractivity contribution in [1.29, 1.82) is 0 Å². The number of piperidine rings is 1. The standard InChI is InChI=1S/C14H25NO/c1-15-12-5-6-13(15)9-11(8-12)14(16)7-10-3-2-4-10/h10-14,16H,2-9H2,1H3. The van der Waals surface area contributed by atoms with E-state index in [0.717, 1.165) is 24.4 Å². The molecule has 0 aromatic heterocycles. The van der Waals surface area contributed by atoms with Crippen molar-refractivity contribution in [3.8, 4) is 0 Å². The van der Waals surface area contributed by atoms with Crippen molar-refractivity contribution in [3.63, 3.8) is 0 Å². The highest BCUT2D eigenvalue weighted by atomic mass is 16.3. The van der Waals surface area contributed by atoms with Crippen molar-refractivity contribution >= 4 is 0 Å². The summed E-state index contributed by atoms with van der Waals surface area (Å²) in [6, 6.07) is 1.56. The highest BCUT2D eigenvalue weighted by molar-refractivity contribution is 4.95. The Morgan fingerprint density at radius 3 is 2.25 bits per heavy atom. The summed E-state index contributed by atoms with van der Waals surface area (Å²) in [7, 11) is 2.27. The molecule has 2 saturated heterocycles. The van der Waals surface area contributed by atoms with Crippen LogP contribution in [-0.4, -0.2) is 35.2 Å². The molecule has 3 aliphatic rings. The van der Waals surface area contributed by atoms with Gasteiger partial charge in [-0.15, -0.1) is 0 Å². The van der Waals surface area contributed by atoms with Crippen LogP contribution in [0.15, 0.2) is 0 Å². The third kappa shape index (κ3) is 1.91. The molecule has 16 heavy (non-hydrogen) atoms. The van der Waals surface area contributed by atoms with Crippen molar-refractivity contribution in [3.05, 3.63) is 0 Å². The Morgan fingerprint density at radius 2 is 1.75 bits per heavy atom. The number of hydrogen-bond acceptors (Lipinski definition) is 2. The monoisotopic (exact) mass is 223 g/mol. The average Bonchev–Trinajstić information content (AvgIpc) is 2.48. The number of nitrogens with zero attached hydrogens (tertiary/aromatic N) is 1. The topological polar surface area (TPSA) is 23.5 Å². The second-order valence-corrected chi connectivity index (χ2v) is 6.38. The average molecular weight is 223 g/mol. The molecule has 2 bridgehead atoms. The third-order valence-electron chi connectivity index (χ3n) is 5.48. The van der Waals surface area contributed by atoms with E-state index in [9.17, 15) is 5.11 Å². The van der Waals surface area contributed by atoms with Gasteiger partial charge in [-0.1, -0.05) is 19.3 Å². The van der Waals surface area contributed by atoms with Gasteiger partial charge in [0.05, 0.1) is 6.10 Å². The van der Waals surface area contributed by atoms with Gasteiger partial charge in [0.15, 0.2) is 0 Å². The molecular formula is C14H25NO. The van der Waals surface area contributed by atoms with E-state index in [-0.39, 0.29) is 6.10 Å². The fourth-order valence-corrected chi connectivity index (χ4v) is 4.03. The number of aliphatic hydroxyl groups excluding tert-OH is 1. The Balaban J connectivity index is 1.55. The minimum atomic E-state index is 0.00194. The van der Waals surface area contributed by atoms with Crippen molar-refractivity contribution in [2.24, 2.45) is 11.8 Å². The van der Waals surface area contributed by atoms with E-state index in [4.69, 9.17) is 0 Å². The molecular weight excluding hydrogens is 198 g/mol. The molecule has 1 aliphatic carbocycles. The zero-order chi connectivity index (χ0) is 11.1. The number of hydrogen-bond donors (Lipinski definition) is 1. The highest BCUT2D eigenvalue weighted by Crippen LogP contribution is 2.41. The van der Waals surface area contributed by atoms with Crippen LogP contribution < -0.4 is 0 Å². The van der Waals surface area contributed by atoms with Crippen molar-refractivity contribution < 1.29 is 5.11 Å². The highest BCUT2D eigenvalue weighted by Gasteiger charge is 2.41. The summed E-state index contributed by atoms with van der Waals surface area (Å²) in [5.41, 5.74) is 0. The largest absolute Gasteiger partial charge is 0.393 e. The Labute approximate surface area is 99.0 Å². The molecule has 2 heteroatoms. The molecule has 2 aliphatic heterocycles. The summed E-state index contributed by atoms with van der Waals surface area (Å²) < 4.78 is 0. The predicted molar refractivity (Wildman–Crippen MR) is 65.3 cm³/mol. The number of aliphatic hydroxyl groups is 1. The van der Waals surface area contributed by atoms with Gasteiger partial charge in [-0.2, -0.15) is 0 Å². The Hall–Kier alpha value is -0.0800. The van der Waals surface area contributed by atoms with E-state index in [1.807, 2.05) is 0 Å². The second-order valence-electron chi connectivity index (χ2n) is 6.38. The van der Waals surface area contributed by atoms with Gasteiger partial charge in [0, 0.05) is 12.1 Å². The fraction of sp³-hybridized carbons (Fsp3) is 1.00. The predicted octanol–water partition coefficient (Wildman–Crippen LogP) is 2.41. The second kappa shape index (κ2) is 4.30. The zero-order valence-corrected chi connectivity index (χ0v) is 10.4. The lowest BCUT2D eigenvalue weighted by atomic mass is 9.76. The molecule has 0 spiro atoms. The van der Waals surface area contributed by atoms with Crippen LogP contribution in [0, 0.1) is 11.8 Å². The van der Waals surface area contributed by atoms with Crippen LogP contribution in [-0.2, 0) is 0 Å². The van der Waals surface area contributed by atoms with E-state index in [0.29, 0.717) is 5.92 Å². The maximum absolute atomic E-state index is 10.3. The van der Waals surface area contributed by atoms with E-state index in [1.165, 1.54) is 44.9 Å². The summed E-state index contributed by atoms with van der Waals surface area (Å²) in [5, 5.41) is 10.3. The van der Waals surface area contributed by atoms with E-state index in [1.54, 1.807) is 0 Å². The van der Waals surface area contributed by atoms with Crippen LogP contribution in [0.4, 0.5) is 0 Å². The fourth-order valence-electron chi connectivity index (χ4n) is 4.03. The molecule has 2 nitrogen and oxygen atoms in total. The lowest BCUT2D eigenvalue weighted by molar-refractivity contribution is 0.0147. The summed E-state index contributed by atoms with van der Waals surface area (Å²) >= 11 is 0. The van der Waals surface area contributed by atoms with Gasteiger partial charge < -0.3 is 10.0 Å². The molecule has 1 N–H and O–H groups in total. The van der Waals surface area contributed by atoms with Crippen LogP contribution in [0.1, 0.15) is 51.4 Å². The molecule has 92 valence electrons. The van der Waals surface area contributed by atoms with Crippen LogP contribution in [0.25, 0.3) is 0 Å². The maximum atomic E-state index is 10.3. The van der Waals surface area contributed by atoms with Gasteiger partial charge in [-0.05, 0) is 51.0 Å². The Bertz CT molecular complexity index is 237. The van der Waals surface area contributed by atoms with Crippen molar-refractivity contribution in [1.82, 2.24) is 4.90 Å². The minimum Gasteiger partial charge on any atom is -0.393 e. The quantitative estimate of drug-likeness (QED) is 0.794. The summed E-state index contributed by atoms with van der Waals surface area (Å²) in [6.07, 6.45) is 10.5. The van der Waals surface area contributed by atoms with Crippen LogP contribution in [0.3, 0.4) is 0 Å². The number of rotatable bonds is 3. The SMILES string of the molecule is CN1C2CCC1CC(C(O)CC1CCC1)C2. The van der Waals surface area contributed by atoms with Crippen LogP contribution >= 0.6 is 0 Å². The molecule has 0 aromatic rings. The lowest BCUT2D eigenvalue weighted by Crippen LogP contribution is -2.43. The summed E-state index contributed by atoms with van der Waals surface area (Å²) in [5.74, 6) is 1.46. The Kier molecular flexibility index (Phi) is 2.97. The lowest BCUT2D eigenvalue weighted by Gasteiger charge is -2.39. The first kappa shape index (κ1) is 11.0. The van der Waals surface area contributed by atoms with Gasteiger partial charge >= 0.3 is 0 Å². The van der Waals surface area contributed by atoms with Gasteiger partial charge in [-0.3, -0.25) is 0 Å². The van der Waals surface area contributed by atoms with Crippen molar-refractivity contribution in [2.75, 3.05) is 7.05 Å². The zero-order valence-electron chi connectivity index (χ0n) is 10.4. The molecule has 3 fully saturated rings. The molecule has 3 atom stereocenters. The number of fused-ring (bicyclic) bond motifs is 2. The maximum Gasteiger partial charge on any atom is 0.0572 e. The molecule has 3 unspecified atom stereocenters. The van der Waals surface area contributed by atoms with Gasteiger partial charge in [-0.25, -0.2) is 0 Å². The van der Waals surface area contributed by atoms with Crippen LogP contribution in [0.2, 0.25) is 0 Å². The minimum absolute atomic E-state index is 0.00194. The van der Waals surface area contributed by atoms with E-state index in [2.05, 4.69) is 11.9 Å². The first-order valence-corrected chi connectivity index (χ1v) is 7.14. The molecule has 0 aromatic carbocycles. The molecule has 2 heterocycles. The molecule has 3 rings (SSSR count). The molecule has 0 radical (unpaired) electrons.